The third-order valence-corrected chi connectivity index (χ3v) is 1.71. The lowest BCUT2D eigenvalue weighted by Gasteiger charge is -2.28. The van der Waals surface area contributed by atoms with Gasteiger partial charge in [0.1, 0.15) is 6.17 Å². The van der Waals surface area contributed by atoms with E-state index in [0.717, 1.165) is 18.3 Å². The maximum absolute atomic E-state index is 4.02. The number of nitrogens with one attached hydrogen (secondary N) is 3. The average molecular weight is 169 g/mol. The first kappa shape index (κ1) is 8.83. The molecule has 1 rings (SSSR count). The predicted molar refractivity (Wildman–Crippen MR) is 50.2 cm³/mol. The van der Waals surface area contributed by atoms with Crippen LogP contribution in [0.15, 0.2) is 9.98 Å². The summed E-state index contributed by atoms with van der Waals surface area (Å²) in [6.45, 7) is 2.09. The Labute approximate surface area is 72.4 Å². The number of hydrogen-bond acceptors (Lipinski definition) is 2. The molecule has 1 aliphatic heterocycles. The van der Waals surface area contributed by atoms with Crippen molar-refractivity contribution >= 4 is 11.9 Å². The molecule has 0 aromatic carbocycles. The van der Waals surface area contributed by atoms with Crippen LogP contribution in [0.1, 0.15) is 13.3 Å². The highest BCUT2D eigenvalue weighted by molar-refractivity contribution is 6.00. The molecular formula is C7H15N5. The molecule has 0 aromatic rings. The number of hydrogen-bond donors (Lipinski definition) is 3. The van der Waals surface area contributed by atoms with Crippen LogP contribution in [0, 0.1) is 0 Å². The van der Waals surface area contributed by atoms with E-state index in [1.54, 1.807) is 14.1 Å². The molecule has 0 atom stereocenters. The summed E-state index contributed by atoms with van der Waals surface area (Å²) in [5.74, 6) is 1.53. The second-order valence-electron chi connectivity index (χ2n) is 2.52. The number of rotatable bonds is 1. The smallest absolute Gasteiger partial charge is 0.199 e. The molecule has 0 spiro atoms. The largest absolute Gasteiger partial charge is 0.336 e. The van der Waals surface area contributed by atoms with Crippen LogP contribution in [-0.2, 0) is 0 Å². The van der Waals surface area contributed by atoms with Crippen molar-refractivity contribution in [3.05, 3.63) is 0 Å². The highest BCUT2D eigenvalue weighted by Gasteiger charge is 2.16. The van der Waals surface area contributed by atoms with Crippen LogP contribution in [-0.4, -0.2) is 32.2 Å². The van der Waals surface area contributed by atoms with E-state index in [0.29, 0.717) is 0 Å². The Bertz CT molecular complexity index is 188. The topological polar surface area (TPSA) is 60.8 Å². The zero-order valence-electron chi connectivity index (χ0n) is 7.68. The van der Waals surface area contributed by atoms with Crippen LogP contribution >= 0.6 is 0 Å². The van der Waals surface area contributed by atoms with Crippen molar-refractivity contribution in [1.29, 1.82) is 0 Å². The van der Waals surface area contributed by atoms with E-state index < -0.39 is 0 Å². The van der Waals surface area contributed by atoms with Gasteiger partial charge in [-0.05, 0) is 6.42 Å². The highest BCUT2D eigenvalue weighted by Crippen LogP contribution is 1.90. The Balaban J connectivity index is 2.65. The molecular weight excluding hydrogens is 154 g/mol. The minimum absolute atomic E-state index is 0.226. The number of nitrogens with zero attached hydrogens (tertiary/aromatic N) is 2. The summed E-state index contributed by atoms with van der Waals surface area (Å²) in [5.41, 5.74) is 0. The van der Waals surface area contributed by atoms with E-state index in [9.17, 15) is 0 Å². The summed E-state index contributed by atoms with van der Waals surface area (Å²) in [7, 11) is 3.47. The average Bonchev–Trinajstić information content (AvgIpc) is 2.16. The van der Waals surface area contributed by atoms with Crippen molar-refractivity contribution < 1.29 is 0 Å². The Kier molecular flexibility index (Phi) is 2.90. The zero-order chi connectivity index (χ0) is 8.97. The number of aliphatic imine (C=N–C) groups is 2. The first-order valence-electron chi connectivity index (χ1n) is 4.03. The van der Waals surface area contributed by atoms with Gasteiger partial charge in [-0.3, -0.25) is 15.3 Å². The van der Waals surface area contributed by atoms with Gasteiger partial charge in [0.05, 0.1) is 0 Å². The van der Waals surface area contributed by atoms with Crippen molar-refractivity contribution in [2.24, 2.45) is 9.98 Å². The Hall–Kier alpha value is -1.26. The monoisotopic (exact) mass is 169 g/mol. The van der Waals surface area contributed by atoms with Crippen molar-refractivity contribution in [1.82, 2.24) is 16.0 Å². The van der Waals surface area contributed by atoms with Gasteiger partial charge in [-0.2, -0.15) is 0 Å². The van der Waals surface area contributed by atoms with Gasteiger partial charge >= 0.3 is 0 Å². The van der Waals surface area contributed by atoms with Gasteiger partial charge in [0.2, 0.25) is 0 Å². The maximum atomic E-state index is 4.02. The zero-order valence-corrected chi connectivity index (χ0v) is 7.68. The lowest BCUT2D eigenvalue weighted by molar-refractivity contribution is 0.525. The van der Waals surface area contributed by atoms with Crippen LogP contribution in [0.2, 0.25) is 0 Å². The molecule has 1 saturated heterocycles. The fraction of sp³-hybridized carbons (Fsp3) is 0.714. The molecule has 3 N–H and O–H groups in total. The quantitative estimate of drug-likeness (QED) is 0.495. The SMILES string of the molecule is CCC1NC(=NC)NC(=NC)N1. The lowest BCUT2D eigenvalue weighted by Crippen LogP contribution is -2.62. The molecule has 12 heavy (non-hydrogen) atoms. The standard InChI is InChI=1S/C7H15N5/c1-4-5-10-6(8-2)12-7(9-3)11-5/h5H,4H2,1-3H3,(H3,8,9,10,11,12). The first-order chi connectivity index (χ1) is 5.80. The minimum atomic E-state index is 0.226. The van der Waals surface area contributed by atoms with E-state index in [-0.39, 0.29) is 6.17 Å². The molecule has 0 unspecified atom stereocenters. The second-order valence-corrected chi connectivity index (χ2v) is 2.52. The summed E-state index contributed by atoms with van der Waals surface area (Å²) in [5, 5.41) is 9.32. The minimum Gasteiger partial charge on any atom is -0.336 e. The Morgan fingerprint density at radius 2 is 1.67 bits per heavy atom. The molecule has 1 aliphatic rings. The molecule has 1 fully saturated rings. The van der Waals surface area contributed by atoms with Crippen LogP contribution in [0.5, 0.6) is 0 Å². The first-order valence-corrected chi connectivity index (χ1v) is 4.03. The predicted octanol–water partition coefficient (Wildman–Crippen LogP) is -0.523. The molecule has 1 heterocycles. The van der Waals surface area contributed by atoms with Crippen molar-refractivity contribution in [3.8, 4) is 0 Å². The van der Waals surface area contributed by atoms with Gasteiger partial charge < -0.3 is 10.6 Å². The molecule has 5 nitrogen and oxygen atoms in total. The van der Waals surface area contributed by atoms with E-state index in [1.807, 2.05) is 0 Å². The molecule has 0 bridgehead atoms. The normalized spacial score (nSPS) is 29.4. The fourth-order valence-corrected chi connectivity index (χ4v) is 0.995. The van der Waals surface area contributed by atoms with Gasteiger partial charge in [-0.15, -0.1) is 0 Å². The van der Waals surface area contributed by atoms with E-state index in [1.165, 1.54) is 0 Å². The Morgan fingerprint density at radius 1 is 1.17 bits per heavy atom. The van der Waals surface area contributed by atoms with Crippen molar-refractivity contribution in [3.63, 3.8) is 0 Å². The molecule has 0 saturated carbocycles. The molecule has 68 valence electrons. The maximum Gasteiger partial charge on any atom is 0.199 e. The third kappa shape index (κ3) is 1.87. The number of guanidine groups is 2. The van der Waals surface area contributed by atoms with Crippen LogP contribution in [0.4, 0.5) is 0 Å². The summed E-state index contributed by atoms with van der Waals surface area (Å²) in [6, 6.07) is 0. The van der Waals surface area contributed by atoms with E-state index in [2.05, 4.69) is 32.9 Å². The van der Waals surface area contributed by atoms with Gasteiger partial charge in [-0.25, -0.2) is 0 Å². The summed E-state index contributed by atoms with van der Waals surface area (Å²) in [6.07, 6.45) is 1.21. The van der Waals surface area contributed by atoms with Crippen molar-refractivity contribution in [2.45, 2.75) is 19.5 Å². The molecule has 5 heteroatoms. The summed E-state index contributed by atoms with van der Waals surface area (Å²) < 4.78 is 0. The highest BCUT2D eigenvalue weighted by atomic mass is 15.4. The fourth-order valence-electron chi connectivity index (χ4n) is 0.995. The molecule has 0 radical (unpaired) electrons. The lowest BCUT2D eigenvalue weighted by atomic mass is 10.3. The van der Waals surface area contributed by atoms with Gasteiger partial charge in [0.25, 0.3) is 0 Å². The Morgan fingerprint density at radius 3 is 2.00 bits per heavy atom. The molecule has 0 amide bonds. The van der Waals surface area contributed by atoms with E-state index >= 15 is 0 Å². The molecule has 0 aromatic heterocycles. The summed E-state index contributed by atoms with van der Waals surface area (Å²) >= 11 is 0. The van der Waals surface area contributed by atoms with E-state index in [4.69, 9.17) is 0 Å². The van der Waals surface area contributed by atoms with Gasteiger partial charge in [0.15, 0.2) is 11.9 Å². The van der Waals surface area contributed by atoms with Crippen molar-refractivity contribution in [2.75, 3.05) is 14.1 Å². The van der Waals surface area contributed by atoms with Gasteiger partial charge in [-0.1, -0.05) is 6.92 Å². The van der Waals surface area contributed by atoms with Crippen LogP contribution in [0.25, 0.3) is 0 Å². The molecule has 0 aliphatic carbocycles. The third-order valence-electron chi connectivity index (χ3n) is 1.71. The second kappa shape index (κ2) is 3.94. The van der Waals surface area contributed by atoms with Crippen LogP contribution in [0.3, 0.4) is 0 Å². The van der Waals surface area contributed by atoms with Crippen LogP contribution < -0.4 is 16.0 Å². The van der Waals surface area contributed by atoms with Gasteiger partial charge in [0, 0.05) is 14.1 Å². The summed E-state index contributed by atoms with van der Waals surface area (Å²) in [4.78, 5) is 8.04.